The Morgan fingerprint density at radius 1 is 1.11 bits per heavy atom. The average molecular weight is 395 g/mol. The van der Waals surface area contributed by atoms with Gasteiger partial charge in [0.25, 0.3) is 0 Å². The number of ether oxygens (including phenoxy) is 1. The van der Waals surface area contributed by atoms with Crippen molar-refractivity contribution in [3.63, 3.8) is 0 Å². The van der Waals surface area contributed by atoms with E-state index in [1.54, 1.807) is 6.92 Å². The van der Waals surface area contributed by atoms with Gasteiger partial charge in [-0.2, -0.15) is 0 Å². The zero-order valence-corrected chi connectivity index (χ0v) is 17.0. The van der Waals surface area contributed by atoms with Crippen molar-refractivity contribution in [1.82, 2.24) is 0 Å². The van der Waals surface area contributed by atoms with Crippen molar-refractivity contribution in [2.75, 3.05) is 13.2 Å². The van der Waals surface area contributed by atoms with Gasteiger partial charge in [-0.05, 0) is 54.7 Å². The van der Waals surface area contributed by atoms with E-state index in [4.69, 9.17) is 20.3 Å². The molecule has 0 unspecified atom stereocenters. The Kier molecular flexibility index (Phi) is 7.83. The lowest BCUT2D eigenvalue weighted by molar-refractivity contribution is 0.154. The Morgan fingerprint density at radius 2 is 1.81 bits per heavy atom. The molecule has 2 aromatic carbocycles. The predicted octanol–water partition coefficient (Wildman–Crippen LogP) is 4.17. The number of aryl methyl sites for hydroxylation is 1. The van der Waals surface area contributed by atoms with Crippen molar-refractivity contribution in [3.05, 3.63) is 42.0 Å². The summed E-state index contributed by atoms with van der Waals surface area (Å²) in [6.07, 6.45) is 4.67. The van der Waals surface area contributed by atoms with Crippen LogP contribution in [0, 0.1) is 0 Å². The minimum Gasteiger partial charge on any atom is -0.494 e. The molecule has 0 saturated carbocycles. The van der Waals surface area contributed by atoms with E-state index in [9.17, 15) is 4.57 Å². The molecule has 2 rings (SSSR count). The quantitative estimate of drug-likeness (QED) is 0.390. The first-order valence-corrected chi connectivity index (χ1v) is 10.9. The average Bonchev–Trinajstić information content (AvgIpc) is 2.61. The fourth-order valence-corrected chi connectivity index (χ4v) is 3.26. The van der Waals surface area contributed by atoms with Crippen molar-refractivity contribution < 1.29 is 23.6 Å². The molecule has 0 heterocycles. The first-order valence-electron chi connectivity index (χ1n) is 9.33. The molecule has 0 aliphatic rings. The Labute approximate surface area is 160 Å². The van der Waals surface area contributed by atoms with Gasteiger partial charge in [0.1, 0.15) is 5.75 Å². The highest BCUT2D eigenvalue weighted by atomic mass is 31.2. The predicted molar refractivity (Wildman–Crippen MR) is 108 cm³/mol. The number of fused-ring (bicyclic) bond motifs is 1. The standard InChI is InChI=1S/C20H30NO5P/c1-3-4-5-12-25-19-9-8-17-13-16(6-7-18(17)14-19)10-11-20(2,21)15-26-27(22,23)24/h6-9,13-14H,3-5,10-12,15,21H2,1-2H3,(H2,22,23,24)/t20-/m1/s1. The lowest BCUT2D eigenvalue weighted by Gasteiger charge is -2.24. The van der Waals surface area contributed by atoms with E-state index in [2.05, 4.69) is 23.6 Å². The van der Waals surface area contributed by atoms with Gasteiger partial charge in [0.2, 0.25) is 0 Å². The van der Waals surface area contributed by atoms with Gasteiger partial charge in [-0.25, -0.2) is 4.57 Å². The van der Waals surface area contributed by atoms with E-state index in [0.29, 0.717) is 12.8 Å². The van der Waals surface area contributed by atoms with Crippen molar-refractivity contribution >= 4 is 18.6 Å². The van der Waals surface area contributed by atoms with E-state index in [1.807, 2.05) is 24.3 Å². The first-order chi connectivity index (χ1) is 12.7. The number of nitrogens with two attached hydrogens (primary N) is 1. The molecule has 0 radical (unpaired) electrons. The van der Waals surface area contributed by atoms with Gasteiger partial charge in [-0.15, -0.1) is 0 Å². The molecule has 6 nitrogen and oxygen atoms in total. The molecule has 0 fully saturated rings. The SMILES string of the molecule is CCCCCOc1ccc2cc(CC[C@@](C)(N)COP(=O)(O)O)ccc2c1. The summed E-state index contributed by atoms with van der Waals surface area (Å²) in [5.41, 5.74) is 6.39. The highest BCUT2D eigenvalue weighted by Gasteiger charge is 2.24. The zero-order valence-electron chi connectivity index (χ0n) is 16.1. The Morgan fingerprint density at radius 3 is 2.52 bits per heavy atom. The van der Waals surface area contributed by atoms with Crippen LogP contribution in [0.3, 0.4) is 0 Å². The molecular weight excluding hydrogens is 365 g/mol. The van der Waals surface area contributed by atoms with Crippen LogP contribution in [0.5, 0.6) is 5.75 Å². The molecule has 0 saturated heterocycles. The normalized spacial score (nSPS) is 14.3. The van der Waals surface area contributed by atoms with Crippen LogP contribution in [0.1, 0.15) is 45.1 Å². The van der Waals surface area contributed by atoms with E-state index in [-0.39, 0.29) is 6.61 Å². The number of phosphoric acid groups is 1. The van der Waals surface area contributed by atoms with Crippen LogP contribution in [0.25, 0.3) is 10.8 Å². The number of benzene rings is 2. The van der Waals surface area contributed by atoms with E-state index < -0.39 is 13.4 Å². The summed E-state index contributed by atoms with van der Waals surface area (Å²) >= 11 is 0. The summed E-state index contributed by atoms with van der Waals surface area (Å²) < 4.78 is 21.2. The van der Waals surface area contributed by atoms with Gasteiger partial charge in [-0.1, -0.05) is 44.0 Å². The fraction of sp³-hybridized carbons (Fsp3) is 0.500. The lowest BCUT2D eigenvalue weighted by Crippen LogP contribution is -2.41. The minimum atomic E-state index is -4.50. The summed E-state index contributed by atoms with van der Waals surface area (Å²) in [7, 11) is -4.50. The highest BCUT2D eigenvalue weighted by molar-refractivity contribution is 7.46. The lowest BCUT2D eigenvalue weighted by atomic mass is 9.94. The third-order valence-corrected chi connectivity index (χ3v) is 4.91. The van der Waals surface area contributed by atoms with Gasteiger partial charge in [0.15, 0.2) is 0 Å². The maximum absolute atomic E-state index is 10.8. The Bertz CT molecular complexity index is 787. The van der Waals surface area contributed by atoms with Gasteiger partial charge < -0.3 is 20.3 Å². The second kappa shape index (κ2) is 9.67. The summed E-state index contributed by atoms with van der Waals surface area (Å²) in [4.78, 5) is 17.6. The molecule has 27 heavy (non-hydrogen) atoms. The molecule has 0 bridgehead atoms. The molecule has 150 valence electrons. The Balaban J connectivity index is 1.95. The van der Waals surface area contributed by atoms with Gasteiger partial charge >= 0.3 is 7.82 Å². The van der Waals surface area contributed by atoms with E-state index in [0.717, 1.165) is 35.1 Å². The second-order valence-electron chi connectivity index (χ2n) is 7.32. The summed E-state index contributed by atoms with van der Waals surface area (Å²) in [5.74, 6) is 0.885. The van der Waals surface area contributed by atoms with Crippen molar-refractivity contribution in [1.29, 1.82) is 0 Å². The van der Waals surface area contributed by atoms with Crippen LogP contribution in [-0.4, -0.2) is 28.5 Å². The van der Waals surface area contributed by atoms with Crippen LogP contribution >= 0.6 is 7.82 Å². The molecule has 0 spiro atoms. The molecular formula is C20H30NO5P. The van der Waals surface area contributed by atoms with Crippen molar-refractivity contribution in [2.24, 2.45) is 5.73 Å². The topological polar surface area (TPSA) is 102 Å². The molecule has 0 aliphatic heterocycles. The van der Waals surface area contributed by atoms with Gasteiger partial charge in [0.05, 0.1) is 13.2 Å². The molecule has 4 N–H and O–H groups in total. The van der Waals surface area contributed by atoms with E-state index in [1.165, 1.54) is 12.8 Å². The maximum Gasteiger partial charge on any atom is 0.469 e. The van der Waals surface area contributed by atoms with Crippen molar-refractivity contribution in [2.45, 2.75) is 51.5 Å². The Hall–Kier alpha value is -1.43. The van der Waals surface area contributed by atoms with Crippen molar-refractivity contribution in [3.8, 4) is 5.75 Å². The summed E-state index contributed by atoms with van der Waals surface area (Å²) in [5, 5.41) is 2.24. The largest absolute Gasteiger partial charge is 0.494 e. The van der Waals surface area contributed by atoms with Crippen LogP contribution in [0.4, 0.5) is 0 Å². The highest BCUT2D eigenvalue weighted by Crippen LogP contribution is 2.36. The fourth-order valence-electron chi connectivity index (χ4n) is 2.79. The second-order valence-corrected chi connectivity index (χ2v) is 8.56. The first kappa shape index (κ1) is 21.9. The molecule has 1 atom stereocenters. The molecule has 0 aliphatic carbocycles. The smallest absolute Gasteiger partial charge is 0.469 e. The van der Waals surface area contributed by atoms with Crippen LogP contribution in [0.2, 0.25) is 0 Å². The molecule has 0 aromatic heterocycles. The van der Waals surface area contributed by atoms with Gasteiger partial charge in [-0.3, -0.25) is 4.52 Å². The van der Waals surface area contributed by atoms with Crippen LogP contribution in [-0.2, 0) is 15.5 Å². The van der Waals surface area contributed by atoms with Crippen LogP contribution in [0.15, 0.2) is 36.4 Å². The number of rotatable bonds is 11. The monoisotopic (exact) mass is 395 g/mol. The van der Waals surface area contributed by atoms with Gasteiger partial charge in [0, 0.05) is 5.54 Å². The summed E-state index contributed by atoms with van der Waals surface area (Å²) in [6.45, 7) is 4.45. The van der Waals surface area contributed by atoms with E-state index >= 15 is 0 Å². The minimum absolute atomic E-state index is 0.191. The molecule has 7 heteroatoms. The third kappa shape index (κ3) is 7.99. The third-order valence-electron chi connectivity index (χ3n) is 4.44. The number of phosphoric ester groups is 1. The number of hydrogen-bond acceptors (Lipinski definition) is 4. The maximum atomic E-state index is 10.8. The van der Waals surface area contributed by atoms with Crippen LogP contribution < -0.4 is 10.5 Å². The molecule has 2 aromatic rings. The number of unbranched alkanes of at least 4 members (excludes halogenated alkanes) is 2. The summed E-state index contributed by atoms with van der Waals surface area (Å²) in [6, 6.07) is 12.3. The zero-order chi connectivity index (χ0) is 19.9. The molecule has 0 amide bonds. The number of hydrogen-bond donors (Lipinski definition) is 3.